The van der Waals surface area contributed by atoms with Gasteiger partial charge < -0.3 is 56.1 Å². The highest BCUT2D eigenvalue weighted by atomic mass is 79.9. The lowest BCUT2D eigenvalue weighted by Crippen LogP contribution is -2.60. The van der Waals surface area contributed by atoms with Crippen LogP contribution < -0.4 is 36.8 Å². The molecule has 8 aromatic rings. The van der Waals surface area contributed by atoms with Gasteiger partial charge in [-0.1, -0.05) is 93.3 Å². The molecule has 0 spiro atoms. The standard InChI is InChI=1S/C21H26ClN5O3.C19H20ClN5O2.C19H18ClN5O.C18H21BrClN5O3.C4H8.C3H3ClO.CH4/c1-21(2,3)30-20(29)27-7-6-26(10-17(27)18(23)28)19-14-8-13(12-4-5-12)15(22)9-16(14)24-11-25-19;1-2-17(26)25-6-5-24(9-16(25)18(21)27)19-13-7-12(11-3-4-11)14(20)8-15(13)22-10-23-19;1-2-18(26)25-6-5-24(10-13(25)9-21)19-15-7-14(12-3-4-12)16(20)8-17(15)22-11-23-19;1-18(2,3)28-17(27)25-5-4-24(8-14(25)15(21)26)16-10-6-11(19)12(20)7-13(10)22-9-23-16;1-4-2-3-4;1-2-3(4)5;/h8-9,11-12,17H,4-7,10H2,1-3H3,(H2,23,28);2,7-8,10-11,16H,1,3-6,9H2,(H2,21,27);2,7-8,11-13H,1,3-6,10H2;6-7,9,14H,4-5,8H2,1-3H3,(H2,21,26);4H,2-3H2,1H3;2H,1H2;1H4. The Morgan fingerprint density at radius 3 is 1.01 bits per heavy atom. The molecule has 121 heavy (non-hydrogen) atoms. The number of primary amides is 3. The summed E-state index contributed by atoms with van der Waals surface area (Å²) in [5, 5.41) is 15.2. The largest absolute Gasteiger partial charge is 0.444 e. The van der Waals surface area contributed by atoms with E-state index in [9.17, 15) is 43.6 Å². The maximum Gasteiger partial charge on any atom is 0.411 e. The van der Waals surface area contributed by atoms with Gasteiger partial charge in [-0.25, -0.2) is 49.5 Å². The third kappa shape index (κ3) is 23.7. The first-order valence-electron chi connectivity index (χ1n) is 39.4. The zero-order chi connectivity index (χ0) is 86.9. The molecule has 642 valence electrons. The Kier molecular flexibility index (Phi) is 30.8. The summed E-state index contributed by atoms with van der Waals surface area (Å²) in [6.07, 6.45) is 18.2. The molecule has 4 saturated carbocycles. The minimum Gasteiger partial charge on any atom is -0.444 e. The van der Waals surface area contributed by atoms with Gasteiger partial charge in [-0.2, -0.15) is 5.26 Å². The molecule has 4 aliphatic carbocycles. The number of nitriles is 1. The molecule has 4 unspecified atom stereocenters. The fourth-order valence-corrected chi connectivity index (χ4v) is 15.6. The van der Waals surface area contributed by atoms with Gasteiger partial charge in [0.05, 0.1) is 39.7 Å². The van der Waals surface area contributed by atoms with Crippen molar-refractivity contribution in [3.05, 3.63) is 153 Å². The van der Waals surface area contributed by atoms with E-state index in [1.54, 1.807) is 52.5 Å². The average Bonchev–Trinajstić information content (AvgIpc) is 1.67. The highest BCUT2D eigenvalue weighted by molar-refractivity contribution is 9.10. The number of allylic oxidation sites excluding steroid dienone is 1. The topological polar surface area (TPSA) is 386 Å². The number of nitrogens with two attached hydrogens (primary N) is 3. The number of piperazine rings is 4. The molecule has 8 fully saturated rings. The van der Waals surface area contributed by atoms with E-state index in [4.69, 9.17) is 84.7 Å². The van der Waals surface area contributed by atoms with Gasteiger partial charge in [0.2, 0.25) is 34.8 Å². The number of benzene rings is 4. The molecular formula is C85H100BrCl5N20O10. The van der Waals surface area contributed by atoms with Crippen LogP contribution in [0.15, 0.2) is 116 Å². The van der Waals surface area contributed by atoms with Gasteiger partial charge in [-0.3, -0.25) is 38.6 Å². The summed E-state index contributed by atoms with van der Waals surface area (Å²) in [6, 6.07) is 14.8. The number of fused-ring (bicyclic) bond motifs is 4. The number of halogens is 6. The molecule has 8 aliphatic rings. The first kappa shape index (κ1) is 92.9. The first-order valence-corrected chi connectivity index (χ1v) is 42.0. The smallest absolute Gasteiger partial charge is 0.411 e. The van der Waals surface area contributed by atoms with Gasteiger partial charge in [-0.15, -0.1) is 0 Å². The molecule has 4 aromatic carbocycles. The number of amides is 7. The summed E-state index contributed by atoms with van der Waals surface area (Å²) in [6.45, 7) is 27.7. The molecule has 0 radical (unpaired) electrons. The Hall–Kier alpha value is -10.4. The third-order valence-electron chi connectivity index (χ3n) is 21.0. The number of aromatic nitrogens is 8. The molecule has 4 saturated heterocycles. The van der Waals surface area contributed by atoms with Gasteiger partial charge in [0.25, 0.3) is 0 Å². The van der Waals surface area contributed by atoms with Crippen molar-refractivity contribution in [1.29, 1.82) is 5.26 Å². The first-order chi connectivity index (χ1) is 57.0. The number of ether oxygens (including phenoxy) is 2. The number of hydrogen-bond donors (Lipinski definition) is 3. The van der Waals surface area contributed by atoms with Crippen LogP contribution in [-0.2, 0) is 38.2 Å². The van der Waals surface area contributed by atoms with Crippen molar-refractivity contribution in [1.82, 2.24) is 59.5 Å². The van der Waals surface area contributed by atoms with Crippen molar-refractivity contribution in [2.75, 3.05) is 98.1 Å². The number of carbonyl (C=O) groups excluding carboxylic acids is 8. The zero-order valence-electron chi connectivity index (χ0n) is 67.7. The quantitative estimate of drug-likeness (QED) is 0.0713. The van der Waals surface area contributed by atoms with E-state index in [0.29, 0.717) is 92.3 Å². The predicted octanol–water partition coefficient (Wildman–Crippen LogP) is 13.8. The van der Waals surface area contributed by atoms with E-state index in [-0.39, 0.29) is 45.4 Å². The molecule has 0 bridgehead atoms. The van der Waals surface area contributed by atoms with Crippen LogP contribution in [0.25, 0.3) is 43.6 Å². The van der Waals surface area contributed by atoms with Crippen LogP contribution in [-0.4, -0.2) is 220 Å². The van der Waals surface area contributed by atoms with Gasteiger partial charge in [0.1, 0.15) is 84.0 Å². The van der Waals surface area contributed by atoms with Crippen molar-refractivity contribution in [2.45, 2.75) is 160 Å². The molecule has 7 amide bonds. The summed E-state index contributed by atoms with van der Waals surface area (Å²) in [5.74, 6) is 3.24. The minimum atomic E-state index is -0.829. The second-order valence-electron chi connectivity index (χ2n) is 32.3. The molecule has 4 aliphatic heterocycles. The van der Waals surface area contributed by atoms with E-state index < -0.39 is 70.5 Å². The number of carbonyl (C=O) groups is 8. The molecule has 6 N–H and O–H groups in total. The van der Waals surface area contributed by atoms with Crippen LogP contribution in [0.5, 0.6) is 0 Å². The van der Waals surface area contributed by atoms with Gasteiger partial charge in [0, 0.05) is 113 Å². The molecule has 36 heteroatoms. The van der Waals surface area contributed by atoms with Crippen molar-refractivity contribution < 1.29 is 47.8 Å². The highest BCUT2D eigenvalue weighted by Gasteiger charge is 2.42. The maximum absolute atomic E-state index is 12.6. The monoisotopic (exact) mass is 1810 g/mol. The van der Waals surface area contributed by atoms with E-state index in [1.165, 1.54) is 65.0 Å². The second-order valence-corrected chi connectivity index (χ2v) is 35.1. The van der Waals surface area contributed by atoms with Crippen LogP contribution in [0.1, 0.15) is 142 Å². The Labute approximate surface area is 736 Å². The van der Waals surface area contributed by atoms with E-state index in [1.807, 2.05) is 39.0 Å². The highest BCUT2D eigenvalue weighted by Crippen LogP contribution is 2.48. The van der Waals surface area contributed by atoms with Crippen LogP contribution in [0, 0.1) is 17.2 Å². The summed E-state index contributed by atoms with van der Waals surface area (Å²) in [5.41, 5.74) is 21.8. The van der Waals surface area contributed by atoms with Gasteiger partial charge in [-0.05, 0) is 215 Å². The Bertz CT molecular complexity index is 5330. The third-order valence-corrected chi connectivity index (χ3v) is 23.3. The van der Waals surface area contributed by atoms with Crippen LogP contribution in [0.4, 0.5) is 32.9 Å². The van der Waals surface area contributed by atoms with Crippen LogP contribution >= 0.6 is 73.9 Å². The van der Waals surface area contributed by atoms with Crippen molar-refractivity contribution >= 4 is 188 Å². The van der Waals surface area contributed by atoms with Crippen LogP contribution in [0.3, 0.4) is 0 Å². The number of anilines is 4. The predicted molar refractivity (Wildman–Crippen MR) is 475 cm³/mol. The second kappa shape index (κ2) is 40.1. The Balaban J connectivity index is 0.000000163. The normalized spacial score (nSPS) is 18.9. The number of rotatable bonds is 13. The van der Waals surface area contributed by atoms with Crippen molar-refractivity contribution in [3.8, 4) is 6.07 Å². The van der Waals surface area contributed by atoms with Gasteiger partial charge >= 0.3 is 12.2 Å². The van der Waals surface area contributed by atoms with E-state index in [0.717, 1.165) is 136 Å². The SMILES string of the molecule is C.C=CC(=O)Cl.C=CC(=O)N1CCN(c2ncnc3cc(Cl)c(C4CC4)cc23)CC1C#N.C=CC(=O)N1CCN(c2ncnc3cc(Cl)c(C4CC4)cc23)CC1C(N)=O.CC(C)(C)OC(=O)N1CCN(c2ncnc3cc(Cl)c(Br)cc23)CC1C(N)=O.CC(C)(C)OC(=O)N1CCN(c2ncnc3cc(Cl)c(C4CC4)cc23)CC1C(N)=O.CC1CC1. The molecule has 30 nitrogen and oxygen atoms in total. The Morgan fingerprint density at radius 2 is 0.727 bits per heavy atom. The van der Waals surface area contributed by atoms with E-state index in [2.05, 4.69) is 112 Å². The molecular weight excluding hydrogens is 1720 g/mol. The molecule has 16 rings (SSSR count). The summed E-state index contributed by atoms with van der Waals surface area (Å²) in [7, 11) is 0. The summed E-state index contributed by atoms with van der Waals surface area (Å²) < 4.78 is 11.6. The van der Waals surface area contributed by atoms with Gasteiger partial charge in [0.15, 0.2) is 0 Å². The number of nitrogens with zero attached hydrogens (tertiary/aromatic N) is 17. The lowest BCUT2D eigenvalue weighted by Gasteiger charge is -2.40. The van der Waals surface area contributed by atoms with Crippen molar-refractivity contribution in [3.63, 3.8) is 0 Å². The minimum absolute atomic E-state index is 0. The zero-order valence-corrected chi connectivity index (χ0v) is 73.1. The van der Waals surface area contributed by atoms with Crippen LogP contribution in [0.2, 0.25) is 20.1 Å². The lowest BCUT2D eigenvalue weighted by atomic mass is 10.1. The van der Waals surface area contributed by atoms with Crippen molar-refractivity contribution in [2.24, 2.45) is 23.1 Å². The fourth-order valence-electron chi connectivity index (χ4n) is 14.2. The average molecular weight is 1820 g/mol. The fraction of sp³-hybridized carbons (Fsp3) is 0.447. The molecule has 8 heterocycles. The molecule has 4 aromatic heterocycles. The molecule has 4 atom stereocenters. The maximum atomic E-state index is 12.6. The lowest BCUT2D eigenvalue weighted by molar-refractivity contribution is -0.136. The van der Waals surface area contributed by atoms with E-state index >= 15 is 0 Å². The summed E-state index contributed by atoms with van der Waals surface area (Å²) in [4.78, 5) is 144. The number of hydrogen-bond acceptors (Lipinski definition) is 23. The summed E-state index contributed by atoms with van der Waals surface area (Å²) >= 11 is 33.6. The Morgan fingerprint density at radius 1 is 0.446 bits per heavy atom.